The van der Waals surface area contributed by atoms with Gasteiger partial charge < -0.3 is 4.74 Å². The van der Waals surface area contributed by atoms with Crippen molar-refractivity contribution in [3.8, 4) is 0 Å². The second-order valence-corrected chi connectivity index (χ2v) is 3.75. The molecule has 0 fully saturated rings. The minimum absolute atomic E-state index is 0.101. The van der Waals surface area contributed by atoms with E-state index < -0.39 is 0 Å². The number of hydrogen-bond acceptors (Lipinski definition) is 2. The Kier molecular flexibility index (Phi) is 2.86. The summed E-state index contributed by atoms with van der Waals surface area (Å²) in [6.45, 7) is 2.28. The fraction of sp³-hybridized carbons (Fsp3) is 0.308. The molecular weight excluding hydrogens is 188 g/mol. The van der Waals surface area contributed by atoms with Gasteiger partial charge in [-0.1, -0.05) is 30.3 Å². The van der Waals surface area contributed by atoms with E-state index in [0.717, 1.165) is 12.0 Å². The van der Waals surface area contributed by atoms with Gasteiger partial charge in [0.25, 0.3) is 0 Å². The number of carbonyl (C=O) groups is 1. The van der Waals surface area contributed by atoms with E-state index in [4.69, 9.17) is 4.74 Å². The molecule has 0 saturated carbocycles. The smallest absolute Gasteiger partial charge is 0.159 e. The second-order valence-electron chi connectivity index (χ2n) is 3.75. The normalized spacial score (nSPS) is 20.3. The van der Waals surface area contributed by atoms with E-state index in [1.165, 1.54) is 5.56 Å². The lowest BCUT2D eigenvalue weighted by Gasteiger charge is -2.23. The highest BCUT2D eigenvalue weighted by Gasteiger charge is 2.23. The van der Waals surface area contributed by atoms with Gasteiger partial charge in [0.15, 0.2) is 5.78 Å². The molecule has 1 atom stereocenters. The Hall–Kier alpha value is -1.57. The summed E-state index contributed by atoms with van der Waals surface area (Å²) >= 11 is 0. The van der Waals surface area contributed by atoms with Crippen molar-refractivity contribution >= 4 is 5.78 Å². The Morgan fingerprint density at radius 2 is 2.07 bits per heavy atom. The van der Waals surface area contributed by atoms with Gasteiger partial charge in [0.2, 0.25) is 0 Å². The fourth-order valence-corrected chi connectivity index (χ4v) is 1.93. The van der Waals surface area contributed by atoms with Gasteiger partial charge in [-0.25, -0.2) is 0 Å². The van der Waals surface area contributed by atoms with Crippen LogP contribution in [-0.2, 0) is 9.53 Å². The number of allylic oxidation sites excluding steroid dienone is 1. The van der Waals surface area contributed by atoms with Crippen LogP contribution in [0.2, 0.25) is 0 Å². The highest BCUT2D eigenvalue weighted by atomic mass is 16.5. The van der Waals surface area contributed by atoms with E-state index in [1.807, 2.05) is 18.2 Å². The molecule has 0 N–H and O–H groups in total. The molecule has 0 radical (unpaired) electrons. The zero-order valence-corrected chi connectivity index (χ0v) is 8.77. The summed E-state index contributed by atoms with van der Waals surface area (Å²) in [4.78, 5) is 11.4. The first-order valence-corrected chi connectivity index (χ1v) is 5.16. The zero-order valence-electron chi connectivity index (χ0n) is 8.77. The van der Waals surface area contributed by atoms with Crippen LogP contribution in [0.15, 0.2) is 42.2 Å². The van der Waals surface area contributed by atoms with E-state index in [1.54, 1.807) is 13.2 Å². The number of ketones is 1. The monoisotopic (exact) mass is 202 g/mol. The third kappa shape index (κ3) is 2.09. The van der Waals surface area contributed by atoms with E-state index in [2.05, 4.69) is 12.1 Å². The van der Waals surface area contributed by atoms with Crippen molar-refractivity contribution in [1.82, 2.24) is 0 Å². The Morgan fingerprint density at radius 1 is 1.33 bits per heavy atom. The lowest BCUT2D eigenvalue weighted by atomic mass is 9.86. The summed E-state index contributed by atoms with van der Waals surface area (Å²) in [5, 5.41) is 0. The zero-order chi connectivity index (χ0) is 10.7. The van der Waals surface area contributed by atoms with Crippen LogP contribution < -0.4 is 0 Å². The molecular formula is C13H14O2. The van der Waals surface area contributed by atoms with E-state index in [-0.39, 0.29) is 11.7 Å². The molecule has 1 unspecified atom stereocenters. The molecule has 1 aromatic carbocycles. The molecule has 1 aromatic rings. The predicted octanol–water partition coefficient (Wildman–Crippen LogP) is 2.66. The van der Waals surface area contributed by atoms with Gasteiger partial charge in [-0.15, -0.1) is 0 Å². The molecule has 0 amide bonds. The summed E-state index contributed by atoms with van der Waals surface area (Å²) < 4.78 is 5.21. The first kappa shape index (κ1) is 9.97. The average Bonchev–Trinajstić information content (AvgIpc) is 2.30. The highest BCUT2D eigenvalue weighted by molar-refractivity contribution is 5.94. The topological polar surface area (TPSA) is 26.3 Å². The number of benzene rings is 1. The maximum atomic E-state index is 11.4. The summed E-state index contributed by atoms with van der Waals surface area (Å²) in [5.41, 5.74) is 1.98. The van der Waals surface area contributed by atoms with Crippen molar-refractivity contribution < 1.29 is 9.53 Å². The molecule has 2 heteroatoms. The SMILES string of the molecule is CC(=O)C1=COCCC1c1ccccc1. The quantitative estimate of drug-likeness (QED) is 0.737. The molecule has 0 spiro atoms. The molecule has 0 aliphatic carbocycles. The first-order chi connectivity index (χ1) is 7.29. The maximum Gasteiger partial charge on any atom is 0.159 e. The Bertz CT molecular complexity index is 379. The third-order valence-electron chi connectivity index (χ3n) is 2.72. The van der Waals surface area contributed by atoms with Crippen LogP contribution in [0.4, 0.5) is 0 Å². The molecule has 2 rings (SSSR count). The molecule has 15 heavy (non-hydrogen) atoms. The fourth-order valence-electron chi connectivity index (χ4n) is 1.93. The lowest BCUT2D eigenvalue weighted by molar-refractivity contribution is -0.114. The van der Waals surface area contributed by atoms with Gasteiger partial charge >= 0.3 is 0 Å². The highest BCUT2D eigenvalue weighted by Crippen LogP contribution is 2.31. The van der Waals surface area contributed by atoms with Crippen molar-refractivity contribution in [3.63, 3.8) is 0 Å². The summed E-state index contributed by atoms with van der Waals surface area (Å²) in [7, 11) is 0. The molecule has 0 bridgehead atoms. The number of ether oxygens (including phenoxy) is 1. The van der Waals surface area contributed by atoms with Gasteiger partial charge in [-0.3, -0.25) is 4.79 Å². The Balaban J connectivity index is 2.32. The number of carbonyl (C=O) groups excluding carboxylic acids is 1. The van der Waals surface area contributed by atoms with Crippen LogP contribution in [0.3, 0.4) is 0 Å². The average molecular weight is 202 g/mol. The second kappa shape index (κ2) is 4.30. The van der Waals surface area contributed by atoms with Crippen LogP contribution in [0, 0.1) is 0 Å². The minimum atomic E-state index is 0.101. The minimum Gasteiger partial charge on any atom is -0.501 e. The van der Waals surface area contributed by atoms with Crippen molar-refractivity contribution in [2.45, 2.75) is 19.3 Å². The molecule has 2 nitrogen and oxygen atoms in total. The number of Topliss-reactive ketones (excluding diaryl/α,β-unsaturated/α-hetero) is 1. The van der Waals surface area contributed by atoms with Gasteiger partial charge in [0, 0.05) is 11.5 Å². The Morgan fingerprint density at radius 3 is 2.73 bits per heavy atom. The predicted molar refractivity (Wildman–Crippen MR) is 58.5 cm³/mol. The molecule has 1 aliphatic heterocycles. The van der Waals surface area contributed by atoms with Gasteiger partial charge in [-0.05, 0) is 18.9 Å². The Labute approximate surface area is 89.6 Å². The largest absolute Gasteiger partial charge is 0.501 e. The van der Waals surface area contributed by atoms with Gasteiger partial charge in [-0.2, -0.15) is 0 Å². The van der Waals surface area contributed by atoms with Crippen LogP contribution in [0.5, 0.6) is 0 Å². The standard InChI is InChI=1S/C13H14O2/c1-10(14)13-9-15-8-7-12(13)11-5-3-2-4-6-11/h2-6,9,12H,7-8H2,1H3. The van der Waals surface area contributed by atoms with E-state index in [0.29, 0.717) is 6.61 Å². The molecule has 1 aliphatic rings. The van der Waals surface area contributed by atoms with Crippen molar-refractivity contribution in [1.29, 1.82) is 0 Å². The number of hydrogen-bond donors (Lipinski definition) is 0. The van der Waals surface area contributed by atoms with Crippen LogP contribution in [-0.4, -0.2) is 12.4 Å². The number of rotatable bonds is 2. The summed E-state index contributed by atoms with van der Waals surface area (Å²) in [5.74, 6) is 0.306. The van der Waals surface area contributed by atoms with E-state index in [9.17, 15) is 4.79 Å². The van der Waals surface area contributed by atoms with Crippen LogP contribution in [0.25, 0.3) is 0 Å². The molecule has 0 aromatic heterocycles. The van der Waals surface area contributed by atoms with Crippen LogP contribution in [0.1, 0.15) is 24.8 Å². The maximum absolute atomic E-state index is 11.4. The van der Waals surface area contributed by atoms with Crippen LogP contribution >= 0.6 is 0 Å². The van der Waals surface area contributed by atoms with Crippen molar-refractivity contribution in [2.24, 2.45) is 0 Å². The van der Waals surface area contributed by atoms with Crippen molar-refractivity contribution in [3.05, 3.63) is 47.7 Å². The van der Waals surface area contributed by atoms with Gasteiger partial charge in [0.1, 0.15) is 0 Å². The van der Waals surface area contributed by atoms with E-state index >= 15 is 0 Å². The molecule has 0 saturated heterocycles. The lowest BCUT2D eigenvalue weighted by Crippen LogP contribution is -2.16. The first-order valence-electron chi connectivity index (χ1n) is 5.16. The van der Waals surface area contributed by atoms with Gasteiger partial charge in [0.05, 0.1) is 12.9 Å². The summed E-state index contributed by atoms with van der Waals surface area (Å²) in [6, 6.07) is 10.1. The third-order valence-corrected chi connectivity index (χ3v) is 2.72. The summed E-state index contributed by atoms with van der Waals surface area (Å²) in [6.07, 6.45) is 2.50. The van der Waals surface area contributed by atoms with Crippen molar-refractivity contribution in [2.75, 3.05) is 6.61 Å². The molecule has 78 valence electrons. The molecule has 1 heterocycles.